The summed E-state index contributed by atoms with van der Waals surface area (Å²) in [7, 11) is 3.03. The molecule has 1 aromatic heterocycles. The van der Waals surface area contributed by atoms with E-state index in [0.717, 1.165) is 78.9 Å². The summed E-state index contributed by atoms with van der Waals surface area (Å²) in [6.07, 6.45) is 1.66. The number of aromatic nitrogens is 2. The maximum atomic E-state index is 11.9. The summed E-state index contributed by atoms with van der Waals surface area (Å²) in [5, 5.41) is 11.0. The number of esters is 1. The Bertz CT molecular complexity index is 1200. The second kappa shape index (κ2) is 10.4. The smallest absolute Gasteiger partial charge is 0.337 e. The van der Waals surface area contributed by atoms with Crippen LogP contribution in [0.5, 0.6) is 11.5 Å². The van der Waals surface area contributed by atoms with Crippen molar-refractivity contribution in [2.75, 3.05) is 59.0 Å². The van der Waals surface area contributed by atoms with Crippen LogP contribution in [-0.2, 0) is 15.9 Å². The number of carbonyl (C=O) groups excluding carboxylic acids is 1. The third kappa shape index (κ3) is 4.96. The topological polar surface area (TPSA) is 97.9 Å². The predicted octanol–water partition coefficient (Wildman–Crippen LogP) is 3.62. The van der Waals surface area contributed by atoms with Crippen molar-refractivity contribution in [3.05, 3.63) is 53.1 Å². The van der Waals surface area contributed by atoms with Gasteiger partial charge < -0.3 is 24.3 Å². The maximum Gasteiger partial charge on any atom is 0.337 e. The molecule has 2 heterocycles. The van der Waals surface area contributed by atoms with E-state index in [0.29, 0.717) is 24.3 Å². The lowest BCUT2D eigenvalue weighted by atomic mass is 10.1. The molecule has 1 aliphatic carbocycles. The quantitative estimate of drug-likeness (QED) is 0.278. The standard InChI is InChI=1S/C26H30N4O5/c1-32-22-16-20-18(15-23(22)35-10-4-7-30-8-11-34-12-9-30)14-21-24(20)28-29-25(21)27-19-6-3-5-17(13-19)26(31)33-2/h3,5-6,13,15-16H,4,7-12,14H2,1-2H3,(H2,27,28,29). The minimum atomic E-state index is -0.377. The molecule has 0 unspecified atom stereocenters. The highest BCUT2D eigenvalue weighted by Gasteiger charge is 2.27. The van der Waals surface area contributed by atoms with E-state index in [4.69, 9.17) is 18.9 Å². The highest BCUT2D eigenvalue weighted by atomic mass is 16.5. The van der Waals surface area contributed by atoms with Crippen LogP contribution in [0.15, 0.2) is 36.4 Å². The van der Waals surface area contributed by atoms with Crippen molar-refractivity contribution >= 4 is 17.5 Å². The van der Waals surface area contributed by atoms with Crippen molar-refractivity contribution in [2.45, 2.75) is 12.8 Å². The lowest BCUT2D eigenvalue weighted by Gasteiger charge is -2.26. The monoisotopic (exact) mass is 478 g/mol. The van der Waals surface area contributed by atoms with E-state index in [1.165, 1.54) is 7.11 Å². The Hall–Kier alpha value is -3.56. The molecule has 5 rings (SSSR count). The van der Waals surface area contributed by atoms with Gasteiger partial charge in [0, 0.05) is 42.9 Å². The summed E-state index contributed by atoms with van der Waals surface area (Å²) in [5.74, 6) is 1.81. The molecule has 35 heavy (non-hydrogen) atoms. The third-order valence-corrected chi connectivity index (χ3v) is 6.42. The molecule has 0 radical (unpaired) electrons. The van der Waals surface area contributed by atoms with Crippen LogP contribution in [0, 0.1) is 0 Å². The number of fused-ring (bicyclic) bond motifs is 3. The molecule has 1 fully saturated rings. The van der Waals surface area contributed by atoms with Crippen LogP contribution in [0.1, 0.15) is 27.9 Å². The molecule has 3 aromatic rings. The minimum Gasteiger partial charge on any atom is -0.493 e. The molecule has 2 aliphatic rings. The second-order valence-electron chi connectivity index (χ2n) is 8.62. The van der Waals surface area contributed by atoms with Crippen LogP contribution in [0.3, 0.4) is 0 Å². The Balaban J connectivity index is 1.27. The normalized spacial score (nSPS) is 14.8. The first-order valence-electron chi connectivity index (χ1n) is 11.8. The number of benzene rings is 2. The van der Waals surface area contributed by atoms with Gasteiger partial charge in [-0.15, -0.1) is 0 Å². The van der Waals surface area contributed by atoms with E-state index in [1.54, 1.807) is 19.2 Å². The van der Waals surface area contributed by atoms with Crippen molar-refractivity contribution < 1.29 is 23.7 Å². The van der Waals surface area contributed by atoms with Gasteiger partial charge in [-0.1, -0.05) is 6.07 Å². The molecule has 1 aliphatic heterocycles. The van der Waals surface area contributed by atoms with E-state index in [2.05, 4.69) is 26.5 Å². The fourth-order valence-corrected chi connectivity index (χ4v) is 4.58. The lowest BCUT2D eigenvalue weighted by molar-refractivity contribution is 0.0357. The van der Waals surface area contributed by atoms with Gasteiger partial charge >= 0.3 is 5.97 Å². The number of hydrogen-bond acceptors (Lipinski definition) is 8. The number of carbonyl (C=O) groups is 1. The zero-order valence-corrected chi connectivity index (χ0v) is 20.1. The fraction of sp³-hybridized carbons (Fsp3) is 0.385. The SMILES string of the molecule is COC(=O)c1cccc(Nc2n[nH]c3c2Cc2cc(OCCCN4CCOCC4)c(OC)cc2-3)c1. The van der Waals surface area contributed by atoms with E-state index in [9.17, 15) is 4.79 Å². The van der Waals surface area contributed by atoms with Crippen molar-refractivity contribution in [1.82, 2.24) is 15.1 Å². The number of nitrogens with one attached hydrogen (secondary N) is 2. The highest BCUT2D eigenvalue weighted by Crippen LogP contribution is 2.44. The van der Waals surface area contributed by atoms with Crippen LogP contribution in [0.4, 0.5) is 11.5 Å². The van der Waals surface area contributed by atoms with E-state index < -0.39 is 0 Å². The first-order chi connectivity index (χ1) is 17.2. The molecule has 184 valence electrons. The Labute approximate surface area is 204 Å². The van der Waals surface area contributed by atoms with E-state index >= 15 is 0 Å². The number of ether oxygens (including phenoxy) is 4. The number of methoxy groups -OCH3 is 2. The molecule has 0 saturated carbocycles. The largest absolute Gasteiger partial charge is 0.493 e. The van der Waals surface area contributed by atoms with Crippen molar-refractivity contribution in [3.63, 3.8) is 0 Å². The van der Waals surface area contributed by atoms with Crippen LogP contribution in [0.25, 0.3) is 11.3 Å². The van der Waals surface area contributed by atoms with Crippen LogP contribution in [0.2, 0.25) is 0 Å². The first kappa shape index (κ1) is 23.2. The zero-order chi connectivity index (χ0) is 24.2. The summed E-state index contributed by atoms with van der Waals surface area (Å²) in [6.45, 7) is 5.21. The Morgan fingerprint density at radius 3 is 2.83 bits per heavy atom. The average molecular weight is 479 g/mol. The van der Waals surface area contributed by atoms with E-state index in [-0.39, 0.29) is 5.97 Å². The fourth-order valence-electron chi connectivity index (χ4n) is 4.58. The van der Waals surface area contributed by atoms with Gasteiger partial charge in [-0.05, 0) is 42.3 Å². The number of rotatable bonds is 9. The molecule has 9 heteroatoms. The maximum absolute atomic E-state index is 11.9. The number of morpholine rings is 1. The van der Waals surface area contributed by atoms with Gasteiger partial charge in [0.1, 0.15) is 0 Å². The molecule has 1 saturated heterocycles. The first-order valence-corrected chi connectivity index (χ1v) is 11.8. The van der Waals surface area contributed by atoms with Gasteiger partial charge in [0.25, 0.3) is 0 Å². The molecule has 0 amide bonds. The Morgan fingerprint density at radius 1 is 1.17 bits per heavy atom. The summed E-state index contributed by atoms with van der Waals surface area (Å²) < 4.78 is 22.0. The molecule has 2 aromatic carbocycles. The molecule has 0 bridgehead atoms. The molecular formula is C26H30N4O5. The molecular weight excluding hydrogens is 448 g/mol. The molecule has 0 atom stereocenters. The van der Waals surface area contributed by atoms with Gasteiger partial charge in [0.2, 0.25) is 0 Å². The van der Waals surface area contributed by atoms with Crippen LogP contribution >= 0.6 is 0 Å². The molecule has 2 N–H and O–H groups in total. The van der Waals surface area contributed by atoms with Gasteiger partial charge in [-0.3, -0.25) is 10.00 Å². The zero-order valence-electron chi connectivity index (χ0n) is 20.1. The molecule has 0 spiro atoms. The van der Waals surface area contributed by atoms with Crippen LogP contribution in [-0.4, -0.2) is 74.7 Å². The lowest BCUT2D eigenvalue weighted by Crippen LogP contribution is -2.37. The van der Waals surface area contributed by atoms with Gasteiger partial charge in [0.15, 0.2) is 17.3 Å². The average Bonchev–Trinajstić information content (AvgIpc) is 3.45. The summed E-state index contributed by atoms with van der Waals surface area (Å²) in [6, 6.07) is 11.2. The third-order valence-electron chi connectivity index (χ3n) is 6.42. The predicted molar refractivity (Wildman–Crippen MR) is 132 cm³/mol. The molecule has 9 nitrogen and oxygen atoms in total. The van der Waals surface area contributed by atoms with Gasteiger partial charge in [-0.25, -0.2) is 4.79 Å². The number of hydrogen-bond donors (Lipinski definition) is 2. The van der Waals surface area contributed by atoms with Crippen molar-refractivity contribution in [1.29, 1.82) is 0 Å². The van der Waals surface area contributed by atoms with Crippen molar-refractivity contribution in [3.8, 4) is 22.8 Å². The summed E-state index contributed by atoms with van der Waals surface area (Å²) in [5.41, 5.74) is 5.48. The number of anilines is 2. The summed E-state index contributed by atoms with van der Waals surface area (Å²) >= 11 is 0. The Morgan fingerprint density at radius 2 is 2.03 bits per heavy atom. The van der Waals surface area contributed by atoms with Crippen molar-refractivity contribution in [2.24, 2.45) is 0 Å². The van der Waals surface area contributed by atoms with E-state index in [1.807, 2.05) is 18.2 Å². The van der Waals surface area contributed by atoms with Gasteiger partial charge in [-0.2, -0.15) is 5.10 Å². The number of nitrogens with zero attached hydrogens (tertiary/aromatic N) is 2. The number of aromatic amines is 1. The Kier molecular flexibility index (Phi) is 6.87. The van der Waals surface area contributed by atoms with Gasteiger partial charge in [0.05, 0.1) is 45.3 Å². The van der Waals surface area contributed by atoms with Crippen LogP contribution < -0.4 is 14.8 Å². The summed E-state index contributed by atoms with van der Waals surface area (Å²) in [4.78, 5) is 14.3. The second-order valence-corrected chi connectivity index (χ2v) is 8.62. The highest BCUT2D eigenvalue weighted by molar-refractivity contribution is 5.91. The minimum absolute atomic E-state index is 0.377. The number of H-pyrrole nitrogens is 1.